The molecule has 0 radical (unpaired) electrons. The molecule has 1 atom stereocenters. The predicted octanol–water partition coefficient (Wildman–Crippen LogP) is 3.66. The summed E-state index contributed by atoms with van der Waals surface area (Å²) in [5, 5.41) is 0. The minimum Gasteiger partial charge on any atom is -0.359 e. The molecule has 1 nitrogen and oxygen atoms in total. The number of rotatable bonds is 3. The summed E-state index contributed by atoms with van der Waals surface area (Å²) < 4.78 is 25.4. The van der Waals surface area contributed by atoms with Gasteiger partial charge in [-0.25, -0.2) is 8.78 Å². The second-order valence-corrected chi connectivity index (χ2v) is 4.61. The average Bonchev–Trinajstić information content (AvgIpc) is 2.25. The molecule has 0 aliphatic carbocycles. The van der Waals surface area contributed by atoms with Crippen molar-refractivity contribution < 1.29 is 8.78 Å². The van der Waals surface area contributed by atoms with E-state index in [0.717, 1.165) is 12.1 Å². The molecule has 3 heteroatoms. The maximum Gasteiger partial charge on any atom is 0.282 e. The molecule has 0 aromatic heterocycles. The van der Waals surface area contributed by atoms with Crippen molar-refractivity contribution in [3.05, 3.63) is 29.8 Å². The Bertz CT molecular complexity index is 351. The molecule has 1 aromatic rings. The van der Waals surface area contributed by atoms with Crippen molar-refractivity contribution in [1.29, 1.82) is 0 Å². The summed E-state index contributed by atoms with van der Waals surface area (Å²) in [5.41, 5.74) is 2.18. The Labute approximate surface area is 95.1 Å². The van der Waals surface area contributed by atoms with Crippen LogP contribution in [-0.4, -0.2) is 19.0 Å². The van der Waals surface area contributed by atoms with Gasteiger partial charge in [-0.1, -0.05) is 26.0 Å². The van der Waals surface area contributed by atoms with E-state index in [1.54, 1.807) is 4.90 Å². The molecule has 1 fully saturated rings. The van der Waals surface area contributed by atoms with Gasteiger partial charge in [-0.3, -0.25) is 0 Å². The number of nitrogens with zero attached hydrogens (tertiary/aromatic N) is 1. The van der Waals surface area contributed by atoms with Crippen molar-refractivity contribution >= 4 is 5.69 Å². The zero-order valence-electron chi connectivity index (χ0n) is 9.71. The molecule has 1 unspecified atom stereocenters. The van der Waals surface area contributed by atoms with Crippen LogP contribution in [0, 0.1) is 0 Å². The predicted molar refractivity (Wildman–Crippen MR) is 62.3 cm³/mol. The minimum atomic E-state index is -2.49. The van der Waals surface area contributed by atoms with Crippen LogP contribution in [0.3, 0.4) is 0 Å². The first-order valence-electron chi connectivity index (χ1n) is 5.74. The second-order valence-electron chi connectivity index (χ2n) is 4.61. The Hall–Kier alpha value is -1.12. The lowest BCUT2D eigenvalue weighted by atomic mass is 9.98. The molecule has 0 spiro atoms. The molecule has 1 aliphatic rings. The monoisotopic (exact) mass is 225 g/mol. The van der Waals surface area contributed by atoms with E-state index in [9.17, 15) is 8.78 Å². The number of alkyl halides is 2. The van der Waals surface area contributed by atoms with Gasteiger partial charge >= 0.3 is 0 Å². The van der Waals surface area contributed by atoms with Gasteiger partial charge in [-0.05, 0) is 30.0 Å². The lowest BCUT2D eigenvalue weighted by Gasteiger charge is -2.40. The van der Waals surface area contributed by atoms with Gasteiger partial charge in [0.1, 0.15) is 0 Å². The van der Waals surface area contributed by atoms with Crippen molar-refractivity contribution in [2.75, 3.05) is 18.0 Å². The smallest absolute Gasteiger partial charge is 0.282 e. The number of hydrogen-bond donors (Lipinski definition) is 0. The van der Waals surface area contributed by atoms with Crippen LogP contribution in [0.1, 0.15) is 31.7 Å². The topological polar surface area (TPSA) is 3.24 Å². The van der Waals surface area contributed by atoms with E-state index in [0.29, 0.717) is 5.92 Å². The number of benzene rings is 1. The van der Waals surface area contributed by atoms with Crippen molar-refractivity contribution in [1.82, 2.24) is 0 Å². The van der Waals surface area contributed by atoms with Crippen LogP contribution < -0.4 is 4.90 Å². The van der Waals surface area contributed by atoms with Crippen LogP contribution in [0.25, 0.3) is 0 Å². The molecule has 1 heterocycles. The summed E-state index contributed by atoms with van der Waals surface area (Å²) >= 11 is 0. The third kappa shape index (κ3) is 2.18. The second kappa shape index (κ2) is 4.04. The molecule has 0 amide bonds. The normalized spacial score (nSPS) is 20.4. The molecule has 2 rings (SSSR count). The Morgan fingerprint density at radius 3 is 2.25 bits per heavy atom. The molecule has 1 aliphatic heterocycles. The van der Waals surface area contributed by atoms with Crippen LogP contribution in [0.4, 0.5) is 14.5 Å². The van der Waals surface area contributed by atoms with Crippen LogP contribution >= 0.6 is 0 Å². The van der Waals surface area contributed by atoms with E-state index in [1.807, 2.05) is 24.3 Å². The lowest BCUT2D eigenvalue weighted by molar-refractivity contribution is -0.0262. The molecule has 0 bridgehead atoms. The molecule has 0 saturated carbocycles. The van der Waals surface area contributed by atoms with Gasteiger partial charge in [0.05, 0.1) is 13.1 Å². The number of anilines is 1. The van der Waals surface area contributed by atoms with Gasteiger partial charge in [-0.15, -0.1) is 0 Å². The average molecular weight is 225 g/mol. The first kappa shape index (κ1) is 11.4. The van der Waals surface area contributed by atoms with E-state index in [-0.39, 0.29) is 13.1 Å². The van der Waals surface area contributed by atoms with E-state index < -0.39 is 5.92 Å². The van der Waals surface area contributed by atoms with E-state index in [1.165, 1.54) is 5.56 Å². The van der Waals surface area contributed by atoms with E-state index in [2.05, 4.69) is 13.8 Å². The molecule has 1 saturated heterocycles. The molecule has 1 aromatic carbocycles. The minimum absolute atomic E-state index is 0.143. The lowest BCUT2D eigenvalue weighted by Crippen LogP contribution is -2.56. The fourth-order valence-corrected chi connectivity index (χ4v) is 1.94. The number of hydrogen-bond acceptors (Lipinski definition) is 1. The zero-order valence-corrected chi connectivity index (χ0v) is 9.71. The SMILES string of the molecule is CCC(C)c1ccc(N2CC(F)(F)C2)cc1. The summed E-state index contributed by atoms with van der Waals surface area (Å²) in [6.45, 7) is 4.03. The van der Waals surface area contributed by atoms with Gasteiger partial charge in [0.15, 0.2) is 0 Å². The van der Waals surface area contributed by atoms with Crippen LogP contribution in [0.2, 0.25) is 0 Å². The third-order valence-electron chi connectivity index (χ3n) is 3.28. The Kier molecular flexibility index (Phi) is 2.87. The Balaban J connectivity index is 2.03. The summed E-state index contributed by atoms with van der Waals surface area (Å²) in [7, 11) is 0. The highest BCUT2D eigenvalue weighted by molar-refractivity contribution is 5.51. The summed E-state index contributed by atoms with van der Waals surface area (Å²) in [5.74, 6) is -1.96. The van der Waals surface area contributed by atoms with Gasteiger partial charge in [0.2, 0.25) is 0 Å². The summed E-state index contributed by atoms with van der Waals surface area (Å²) in [6, 6.07) is 7.97. The maximum absolute atomic E-state index is 12.7. The highest BCUT2D eigenvalue weighted by atomic mass is 19.3. The van der Waals surface area contributed by atoms with E-state index >= 15 is 0 Å². The fraction of sp³-hybridized carbons (Fsp3) is 0.538. The highest BCUT2D eigenvalue weighted by Crippen LogP contribution is 2.32. The van der Waals surface area contributed by atoms with E-state index in [4.69, 9.17) is 0 Å². The Morgan fingerprint density at radius 2 is 1.81 bits per heavy atom. The summed E-state index contributed by atoms with van der Waals surface area (Å²) in [4.78, 5) is 1.71. The van der Waals surface area contributed by atoms with Crippen LogP contribution in [0.5, 0.6) is 0 Å². The third-order valence-corrected chi connectivity index (χ3v) is 3.28. The van der Waals surface area contributed by atoms with Crippen LogP contribution in [0.15, 0.2) is 24.3 Å². The zero-order chi connectivity index (χ0) is 11.8. The first-order chi connectivity index (χ1) is 7.52. The highest BCUT2D eigenvalue weighted by Gasteiger charge is 2.43. The first-order valence-corrected chi connectivity index (χ1v) is 5.74. The molecule has 16 heavy (non-hydrogen) atoms. The number of halogens is 2. The van der Waals surface area contributed by atoms with Gasteiger partial charge < -0.3 is 4.90 Å². The fourth-order valence-electron chi connectivity index (χ4n) is 1.94. The largest absolute Gasteiger partial charge is 0.359 e. The Morgan fingerprint density at radius 1 is 1.25 bits per heavy atom. The molecule has 0 N–H and O–H groups in total. The molecular formula is C13H17F2N. The quantitative estimate of drug-likeness (QED) is 0.759. The van der Waals surface area contributed by atoms with Crippen molar-refractivity contribution in [2.24, 2.45) is 0 Å². The van der Waals surface area contributed by atoms with Crippen LogP contribution in [-0.2, 0) is 0 Å². The van der Waals surface area contributed by atoms with Gasteiger partial charge in [-0.2, -0.15) is 0 Å². The summed E-state index contributed by atoms with van der Waals surface area (Å²) in [6.07, 6.45) is 1.10. The van der Waals surface area contributed by atoms with Gasteiger partial charge in [0.25, 0.3) is 5.92 Å². The van der Waals surface area contributed by atoms with Crippen molar-refractivity contribution in [2.45, 2.75) is 32.1 Å². The maximum atomic E-state index is 12.7. The standard InChI is InChI=1S/C13H17F2N/c1-3-10(2)11-4-6-12(7-5-11)16-8-13(14,15)9-16/h4-7,10H,3,8-9H2,1-2H3. The van der Waals surface area contributed by atoms with Gasteiger partial charge in [0, 0.05) is 5.69 Å². The molecule has 88 valence electrons. The van der Waals surface area contributed by atoms with Crippen molar-refractivity contribution in [3.63, 3.8) is 0 Å². The molecular weight excluding hydrogens is 208 g/mol. The van der Waals surface area contributed by atoms with Crippen molar-refractivity contribution in [3.8, 4) is 0 Å².